The first-order chi connectivity index (χ1) is 12.0. The molecule has 0 aliphatic heterocycles. The van der Waals surface area contributed by atoms with Gasteiger partial charge < -0.3 is 0 Å². The minimum atomic E-state index is -1.83. The Morgan fingerprint density at radius 3 is 2.28 bits per heavy atom. The number of ketones is 1. The van der Waals surface area contributed by atoms with E-state index in [0.29, 0.717) is 27.4 Å². The average Bonchev–Trinajstić information content (AvgIpc) is 2.65. The second-order valence-corrected chi connectivity index (χ2v) is 7.59. The molecule has 0 aliphatic carbocycles. The molecule has 124 valence electrons. The molecule has 0 spiro atoms. The van der Waals surface area contributed by atoms with Crippen LogP contribution in [0.4, 0.5) is 0 Å². The van der Waals surface area contributed by atoms with Gasteiger partial charge in [0.25, 0.3) is 0 Å². The van der Waals surface area contributed by atoms with Crippen LogP contribution in [0.15, 0.2) is 60.8 Å². The summed E-state index contributed by atoms with van der Waals surface area (Å²) in [7, 11) is -1.83. The van der Waals surface area contributed by atoms with Crippen LogP contribution in [0.5, 0.6) is 0 Å². The minimum Gasteiger partial charge on any atom is -0.288 e. The molecule has 1 heterocycles. The van der Waals surface area contributed by atoms with Crippen molar-refractivity contribution in [1.82, 2.24) is 4.98 Å². The van der Waals surface area contributed by atoms with Crippen LogP contribution in [0.2, 0.25) is 0 Å². The van der Waals surface area contributed by atoms with Crippen LogP contribution in [0, 0.1) is 20.8 Å². The number of aryl methyl sites for hydroxylation is 2. The van der Waals surface area contributed by atoms with E-state index in [1.165, 1.54) is 0 Å². The summed E-state index contributed by atoms with van der Waals surface area (Å²) >= 11 is 0. The second kappa shape index (κ2) is 7.08. The van der Waals surface area contributed by atoms with Gasteiger partial charge >= 0.3 is 7.80 Å². The zero-order valence-corrected chi connectivity index (χ0v) is 15.4. The number of carbonyl (C=O) groups is 1. The fourth-order valence-electron chi connectivity index (χ4n) is 2.84. The first kappa shape index (κ1) is 17.2. The predicted octanol–water partition coefficient (Wildman–Crippen LogP) is 4.02. The van der Waals surface area contributed by atoms with Gasteiger partial charge in [0.05, 0.1) is 5.56 Å². The first-order valence-corrected chi connectivity index (χ1v) is 9.35. The standard InChI is InChI=1S/C21H19NO2P/c1-14-13-22-16(3)20(15(14)2)21(23)18-11-7-8-12-19(18)25(24)17-9-5-4-6-10-17/h4-13H,1-3H3/q+1. The maximum Gasteiger partial charge on any atom is 0.416 e. The Hall–Kier alpha value is -2.64. The van der Waals surface area contributed by atoms with Crippen molar-refractivity contribution in [3.8, 4) is 0 Å². The summed E-state index contributed by atoms with van der Waals surface area (Å²) in [5.74, 6) is -0.124. The second-order valence-electron chi connectivity index (χ2n) is 6.00. The third-order valence-corrected chi connectivity index (χ3v) is 5.96. The van der Waals surface area contributed by atoms with E-state index < -0.39 is 7.80 Å². The van der Waals surface area contributed by atoms with Gasteiger partial charge in [-0.3, -0.25) is 9.78 Å². The maximum atomic E-state index is 13.2. The van der Waals surface area contributed by atoms with Crippen LogP contribution in [0.3, 0.4) is 0 Å². The summed E-state index contributed by atoms with van der Waals surface area (Å²) in [6.07, 6.45) is 1.78. The average molecular weight is 348 g/mol. The SMILES string of the molecule is Cc1cnc(C)c(C(=O)c2ccccc2[P+](=O)c2ccccc2)c1C. The van der Waals surface area contributed by atoms with Crippen LogP contribution < -0.4 is 10.6 Å². The summed E-state index contributed by atoms with van der Waals surface area (Å²) in [6.45, 7) is 5.70. The largest absolute Gasteiger partial charge is 0.416 e. The van der Waals surface area contributed by atoms with Crippen molar-refractivity contribution in [3.05, 3.63) is 88.7 Å². The Balaban J connectivity index is 2.13. The summed E-state index contributed by atoms with van der Waals surface area (Å²) in [6, 6.07) is 16.4. The zero-order chi connectivity index (χ0) is 18.0. The fourth-order valence-corrected chi connectivity index (χ4v) is 4.18. The highest BCUT2D eigenvalue weighted by molar-refractivity contribution is 7.61. The number of rotatable bonds is 4. The number of hydrogen-bond donors (Lipinski definition) is 0. The van der Waals surface area contributed by atoms with E-state index in [0.717, 1.165) is 11.1 Å². The van der Waals surface area contributed by atoms with Crippen molar-refractivity contribution in [1.29, 1.82) is 0 Å². The van der Waals surface area contributed by atoms with Crippen molar-refractivity contribution in [2.75, 3.05) is 0 Å². The number of nitrogens with zero attached hydrogens (tertiary/aromatic N) is 1. The minimum absolute atomic E-state index is 0.124. The molecule has 0 bridgehead atoms. The van der Waals surface area contributed by atoms with E-state index >= 15 is 0 Å². The smallest absolute Gasteiger partial charge is 0.288 e. The van der Waals surface area contributed by atoms with Crippen LogP contribution in [0.25, 0.3) is 0 Å². The highest BCUT2D eigenvalue weighted by atomic mass is 31.1. The quantitative estimate of drug-likeness (QED) is 0.529. The van der Waals surface area contributed by atoms with Gasteiger partial charge in [0.1, 0.15) is 0 Å². The Morgan fingerprint density at radius 1 is 0.920 bits per heavy atom. The summed E-state index contributed by atoms with van der Waals surface area (Å²) in [5, 5.41) is 1.28. The Kier molecular flexibility index (Phi) is 4.87. The van der Waals surface area contributed by atoms with Gasteiger partial charge in [-0.05, 0) is 56.2 Å². The van der Waals surface area contributed by atoms with E-state index in [1.807, 2.05) is 57.2 Å². The lowest BCUT2D eigenvalue weighted by molar-refractivity contribution is 0.103. The lowest BCUT2D eigenvalue weighted by Crippen LogP contribution is -2.18. The summed E-state index contributed by atoms with van der Waals surface area (Å²) in [4.78, 5) is 17.6. The van der Waals surface area contributed by atoms with Gasteiger partial charge in [-0.15, -0.1) is 0 Å². The number of carbonyl (C=O) groups excluding carboxylic acids is 1. The zero-order valence-electron chi connectivity index (χ0n) is 14.5. The number of benzene rings is 2. The summed E-state index contributed by atoms with van der Waals surface area (Å²) < 4.78 is 13.0. The molecule has 1 atom stereocenters. The number of aromatic nitrogens is 1. The van der Waals surface area contributed by atoms with Gasteiger partial charge in [0.2, 0.25) is 5.30 Å². The fraction of sp³-hybridized carbons (Fsp3) is 0.143. The molecule has 1 aromatic heterocycles. The lowest BCUT2D eigenvalue weighted by atomic mass is 9.96. The topological polar surface area (TPSA) is 47.0 Å². The van der Waals surface area contributed by atoms with Gasteiger partial charge in [0.15, 0.2) is 11.1 Å². The van der Waals surface area contributed by atoms with Crippen molar-refractivity contribution >= 4 is 24.2 Å². The highest BCUT2D eigenvalue weighted by Crippen LogP contribution is 2.25. The molecule has 4 heteroatoms. The monoisotopic (exact) mass is 348 g/mol. The van der Waals surface area contributed by atoms with Crippen LogP contribution in [-0.2, 0) is 4.57 Å². The van der Waals surface area contributed by atoms with E-state index in [1.54, 1.807) is 24.4 Å². The lowest BCUT2D eigenvalue weighted by Gasteiger charge is -2.10. The molecule has 0 N–H and O–H groups in total. The molecule has 0 fully saturated rings. The van der Waals surface area contributed by atoms with Crippen LogP contribution in [0.1, 0.15) is 32.7 Å². The van der Waals surface area contributed by atoms with Crippen molar-refractivity contribution in [2.45, 2.75) is 20.8 Å². The molecule has 0 aliphatic rings. The molecule has 25 heavy (non-hydrogen) atoms. The first-order valence-electron chi connectivity index (χ1n) is 8.09. The van der Waals surface area contributed by atoms with Crippen LogP contribution >= 0.6 is 7.80 Å². The molecule has 0 radical (unpaired) electrons. The number of pyridine rings is 1. The van der Waals surface area contributed by atoms with E-state index in [2.05, 4.69) is 4.98 Å². The maximum absolute atomic E-state index is 13.2. The predicted molar refractivity (Wildman–Crippen MR) is 102 cm³/mol. The Morgan fingerprint density at radius 2 is 1.56 bits per heavy atom. The molecule has 3 nitrogen and oxygen atoms in total. The van der Waals surface area contributed by atoms with Gasteiger partial charge in [0, 0.05) is 17.5 Å². The Bertz CT molecular complexity index is 965. The number of hydrogen-bond acceptors (Lipinski definition) is 3. The molecule has 0 saturated carbocycles. The van der Waals surface area contributed by atoms with Crippen molar-refractivity contribution < 1.29 is 9.36 Å². The van der Waals surface area contributed by atoms with Crippen LogP contribution in [-0.4, -0.2) is 10.8 Å². The molecular weight excluding hydrogens is 329 g/mol. The molecule has 0 saturated heterocycles. The van der Waals surface area contributed by atoms with Crippen molar-refractivity contribution in [2.24, 2.45) is 0 Å². The van der Waals surface area contributed by atoms with E-state index in [4.69, 9.17) is 0 Å². The molecule has 0 amide bonds. The van der Waals surface area contributed by atoms with Gasteiger partial charge in [-0.2, -0.15) is 0 Å². The van der Waals surface area contributed by atoms with E-state index in [-0.39, 0.29) is 5.78 Å². The summed E-state index contributed by atoms with van der Waals surface area (Å²) in [5.41, 5.74) is 3.66. The normalized spacial score (nSPS) is 11.2. The molecule has 2 aromatic carbocycles. The molecule has 3 rings (SSSR count). The molecular formula is C21H19NO2P+. The molecule has 1 unspecified atom stereocenters. The third-order valence-electron chi connectivity index (χ3n) is 4.37. The molecule has 3 aromatic rings. The van der Waals surface area contributed by atoms with Crippen molar-refractivity contribution in [3.63, 3.8) is 0 Å². The Labute approximate surface area is 148 Å². The van der Waals surface area contributed by atoms with Gasteiger partial charge in [-0.25, -0.2) is 0 Å². The van der Waals surface area contributed by atoms with E-state index in [9.17, 15) is 9.36 Å². The third kappa shape index (κ3) is 3.29. The van der Waals surface area contributed by atoms with Gasteiger partial charge in [-0.1, -0.05) is 34.9 Å². The highest BCUT2D eigenvalue weighted by Gasteiger charge is 2.30.